The van der Waals surface area contributed by atoms with Crippen LogP contribution >= 0.6 is 0 Å². The summed E-state index contributed by atoms with van der Waals surface area (Å²) >= 11 is 0. The maximum Gasteiger partial charge on any atom is 0.0636 e. The minimum absolute atomic E-state index is 0.0728. The van der Waals surface area contributed by atoms with Gasteiger partial charge in [0.15, 0.2) is 0 Å². The molecule has 0 aliphatic carbocycles. The molecule has 0 unspecified atom stereocenters. The molecule has 214 valence electrons. The average Bonchev–Trinajstić information content (AvgIpc) is 3.31. The van der Waals surface area contributed by atoms with Gasteiger partial charge in [0.05, 0.1) is 26.0 Å². The number of fused-ring (bicyclic) bond motifs is 4. The molecule has 0 spiro atoms. The van der Waals surface area contributed by atoms with E-state index in [1.165, 1.54) is 0 Å². The molecule has 9 rings (SSSR count). The molecule has 0 radical (unpaired) electrons. The van der Waals surface area contributed by atoms with Gasteiger partial charge in [-0.25, -0.2) is 0 Å². The topological polar surface area (TPSA) is 0 Å². The lowest BCUT2D eigenvalue weighted by Crippen LogP contribution is -1.92. The highest BCUT2D eigenvalue weighted by molar-refractivity contribution is 6.24. The molecule has 0 saturated heterocycles. The molecule has 0 amide bonds. The molecular formula is C46H30. The van der Waals surface area contributed by atoms with E-state index in [1.807, 2.05) is 42.5 Å². The second-order valence-corrected chi connectivity index (χ2v) is 10.6. The summed E-state index contributed by atoms with van der Waals surface area (Å²) in [6.45, 7) is 0. The molecule has 9 aromatic carbocycles. The number of rotatable bonds is 4. The first-order valence-electron chi connectivity index (χ1n) is 23.9. The van der Waals surface area contributed by atoms with Crippen molar-refractivity contribution in [1.29, 1.82) is 0 Å². The van der Waals surface area contributed by atoms with Gasteiger partial charge in [-0.3, -0.25) is 0 Å². The van der Waals surface area contributed by atoms with Gasteiger partial charge in [-0.15, -0.1) is 0 Å². The lowest BCUT2D eigenvalue weighted by Gasteiger charge is -2.20. The van der Waals surface area contributed by atoms with Crippen LogP contribution in [0.4, 0.5) is 0 Å². The van der Waals surface area contributed by atoms with Gasteiger partial charge in [0.25, 0.3) is 0 Å². The van der Waals surface area contributed by atoms with Gasteiger partial charge in [-0.1, -0.05) is 169 Å². The predicted molar refractivity (Wildman–Crippen MR) is 198 cm³/mol. The lowest BCUT2D eigenvalue weighted by molar-refractivity contribution is 1.62. The summed E-state index contributed by atoms with van der Waals surface area (Å²) in [6.07, 6.45) is 0. The van der Waals surface area contributed by atoms with Crippen LogP contribution in [0.3, 0.4) is 0 Å². The van der Waals surface area contributed by atoms with E-state index in [4.69, 9.17) is 17.8 Å². The Labute approximate surface area is 295 Å². The molecule has 0 bridgehead atoms. The molecule has 0 saturated carbocycles. The number of hydrogen-bond acceptors (Lipinski definition) is 0. The summed E-state index contributed by atoms with van der Waals surface area (Å²) in [4.78, 5) is 0. The zero-order valence-electron chi connectivity index (χ0n) is 42.9. The minimum atomic E-state index is -0.839. The van der Waals surface area contributed by atoms with E-state index in [2.05, 4.69) is 0 Å². The Hall–Kier alpha value is -5.98. The third-order valence-corrected chi connectivity index (χ3v) is 8.07. The zero-order valence-corrected chi connectivity index (χ0v) is 23.9. The fraction of sp³-hybridized carbons (Fsp3) is 0. The van der Waals surface area contributed by atoms with Crippen molar-refractivity contribution >= 4 is 43.1 Å². The van der Waals surface area contributed by atoms with Crippen molar-refractivity contribution in [1.82, 2.24) is 0 Å². The predicted octanol–water partition coefficient (Wildman–Crippen LogP) is 13.0. The quantitative estimate of drug-likeness (QED) is 0.176. The standard InChI is InChI=1S/C46H30/c1-2-11-31(12-3-1)38-27-28-43-44(30-38)46(40-20-10-16-34-14-6-7-17-39(34)40)42-19-9-8-18-41(42)45(43)35-24-21-33(22-25-35)37-26-23-32-13-4-5-15-36(32)29-37/h1-30H/i1D,2D,3D,6D,7D,8D,9D,10D,11D,12D,14D,16D,17D,18D,19D,20D,27D,28D,30D. The Bertz CT molecular complexity index is 3600. The van der Waals surface area contributed by atoms with Crippen molar-refractivity contribution in [2.24, 2.45) is 0 Å². The van der Waals surface area contributed by atoms with Gasteiger partial charge >= 0.3 is 0 Å². The third-order valence-electron chi connectivity index (χ3n) is 8.07. The van der Waals surface area contributed by atoms with E-state index in [1.54, 1.807) is 24.3 Å². The van der Waals surface area contributed by atoms with Crippen LogP contribution in [-0.2, 0) is 0 Å². The Morgan fingerprint density at radius 3 is 1.78 bits per heavy atom. The van der Waals surface area contributed by atoms with E-state index in [9.17, 15) is 8.22 Å². The second-order valence-electron chi connectivity index (χ2n) is 10.6. The Balaban J connectivity index is 1.57. The van der Waals surface area contributed by atoms with E-state index in [0.717, 1.165) is 21.9 Å². The van der Waals surface area contributed by atoms with Gasteiger partial charge in [-0.05, 0) is 99.7 Å². The normalized spacial score (nSPS) is 17.3. The van der Waals surface area contributed by atoms with Crippen LogP contribution in [0.1, 0.15) is 26.0 Å². The average molecular weight is 602 g/mol. The molecule has 0 aliphatic rings. The fourth-order valence-electron chi connectivity index (χ4n) is 5.96. The Morgan fingerprint density at radius 1 is 0.326 bits per heavy atom. The van der Waals surface area contributed by atoms with E-state index in [0.29, 0.717) is 0 Å². The first-order chi connectivity index (χ1) is 30.7. The number of hydrogen-bond donors (Lipinski definition) is 0. The summed E-state index contributed by atoms with van der Waals surface area (Å²) in [5.74, 6) is 0. The molecule has 9 aromatic rings. The Morgan fingerprint density at radius 2 is 0.957 bits per heavy atom. The largest absolute Gasteiger partial charge is 0.0636 e. The highest BCUT2D eigenvalue weighted by Gasteiger charge is 2.19. The first kappa shape index (κ1) is 13.6. The smallest absolute Gasteiger partial charge is 0.0622 e. The van der Waals surface area contributed by atoms with Gasteiger partial charge in [0.2, 0.25) is 0 Å². The second kappa shape index (κ2) is 10.9. The summed E-state index contributed by atoms with van der Waals surface area (Å²) in [5, 5.41) is -0.466. The molecule has 0 aliphatic heterocycles. The van der Waals surface area contributed by atoms with E-state index < -0.39 is 159 Å². The maximum atomic E-state index is 9.98. The first-order valence-corrected chi connectivity index (χ1v) is 14.4. The van der Waals surface area contributed by atoms with Gasteiger partial charge in [-0.2, -0.15) is 0 Å². The van der Waals surface area contributed by atoms with Crippen molar-refractivity contribution in [3.05, 3.63) is 182 Å². The molecule has 0 nitrogen and oxygen atoms in total. The van der Waals surface area contributed by atoms with Gasteiger partial charge in [0, 0.05) is 0 Å². The summed E-state index contributed by atoms with van der Waals surface area (Å²) in [6, 6.07) is 5.63. The van der Waals surface area contributed by atoms with Crippen molar-refractivity contribution in [2.75, 3.05) is 0 Å². The monoisotopic (exact) mass is 601 g/mol. The van der Waals surface area contributed by atoms with E-state index >= 15 is 0 Å². The summed E-state index contributed by atoms with van der Waals surface area (Å²) < 4.78 is 171. The van der Waals surface area contributed by atoms with Crippen LogP contribution < -0.4 is 0 Å². The molecule has 0 atom stereocenters. The number of benzene rings is 9. The molecule has 0 fully saturated rings. The third kappa shape index (κ3) is 4.38. The summed E-state index contributed by atoms with van der Waals surface area (Å²) in [7, 11) is 0. The van der Waals surface area contributed by atoms with Gasteiger partial charge in [0.1, 0.15) is 0 Å². The minimum Gasteiger partial charge on any atom is -0.0622 e. The maximum absolute atomic E-state index is 9.98. The fourth-order valence-corrected chi connectivity index (χ4v) is 5.96. The van der Waals surface area contributed by atoms with Crippen molar-refractivity contribution in [2.45, 2.75) is 0 Å². The van der Waals surface area contributed by atoms with Gasteiger partial charge < -0.3 is 0 Å². The molecule has 0 heteroatoms. The lowest BCUT2D eigenvalue weighted by atomic mass is 9.83. The van der Waals surface area contributed by atoms with Crippen molar-refractivity contribution < 1.29 is 26.0 Å². The van der Waals surface area contributed by atoms with Crippen LogP contribution in [0.25, 0.3) is 87.6 Å². The highest BCUT2D eigenvalue weighted by atomic mass is 14.2. The molecule has 46 heavy (non-hydrogen) atoms. The van der Waals surface area contributed by atoms with E-state index in [-0.39, 0.29) is 21.9 Å². The van der Waals surface area contributed by atoms with Crippen LogP contribution in [0.15, 0.2) is 182 Å². The molecular weight excluding hydrogens is 553 g/mol. The van der Waals surface area contributed by atoms with Crippen LogP contribution in [-0.4, -0.2) is 0 Å². The molecule has 0 heterocycles. The molecule has 0 N–H and O–H groups in total. The highest BCUT2D eigenvalue weighted by Crippen LogP contribution is 2.46. The Kier molecular flexibility index (Phi) is 3.21. The van der Waals surface area contributed by atoms with Crippen LogP contribution in [0.2, 0.25) is 0 Å². The van der Waals surface area contributed by atoms with Crippen molar-refractivity contribution in [3.63, 3.8) is 0 Å². The van der Waals surface area contributed by atoms with Crippen LogP contribution in [0.5, 0.6) is 0 Å². The zero-order chi connectivity index (χ0) is 47.0. The van der Waals surface area contributed by atoms with Crippen molar-refractivity contribution in [3.8, 4) is 44.5 Å². The van der Waals surface area contributed by atoms with Crippen LogP contribution in [0, 0.1) is 0 Å². The SMILES string of the molecule is [2H]c1c([2H])c([2H])c(-c2c([2H])c([2H])c3c(-c4ccc(-c5ccc6ccccc6c5)cc4)c4c([2H])c([2H])c([2H])c([2H])c4c(-c4c([2H])c([2H])c([2H])c5c([2H])c([2H])c([2H])c([2H])c45)c3c2[2H])c([2H])c1[2H]. The molecule has 0 aromatic heterocycles. The summed E-state index contributed by atoms with van der Waals surface area (Å²) in [5.41, 5.74) is -0.578.